The fourth-order valence-electron chi connectivity index (χ4n) is 4.17. The lowest BCUT2D eigenvalue weighted by atomic mass is 9.94. The Labute approximate surface area is 193 Å². The summed E-state index contributed by atoms with van der Waals surface area (Å²) in [7, 11) is -3.98. The number of rotatable bonds is 4. The minimum atomic E-state index is -4.55. The van der Waals surface area contributed by atoms with Crippen molar-refractivity contribution in [2.45, 2.75) is 6.18 Å². The van der Waals surface area contributed by atoms with Gasteiger partial charge in [-0.05, 0) is 57.9 Å². The molecule has 0 fully saturated rings. The van der Waals surface area contributed by atoms with E-state index in [2.05, 4.69) is 4.72 Å². The van der Waals surface area contributed by atoms with Crippen molar-refractivity contribution in [1.29, 1.82) is 0 Å². The number of alkyl halides is 3. The summed E-state index contributed by atoms with van der Waals surface area (Å²) in [5.41, 5.74) is 0.892. The molecule has 0 saturated carbocycles. The zero-order valence-electron chi connectivity index (χ0n) is 17.5. The van der Waals surface area contributed by atoms with E-state index in [1.807, 2.05) is 54.6 Å². The van der Waals surface area contributed by atoms with Crippen LogP contribution in [0.4, 0.5) is 18.9 Å². The molecule has 0 atom stereocenters. The Morgan fingerprint density at radius 2 is 1.35 bits per heavy atom. The molecule has 34 heavy (non-hydrogen) atoms. The molecule has 0 bridgehead atoms. The predicted molar refractivity (Wildman–Crippen MR) is 128 cm³/mol. The summed E-state index contributed by atoms with van der Waals surface area (Å²) in [6.45, 7) is 0. The minimum Gasteiger partial charge on any atom is -0.316 e. The first-order valence-corrected chi connectivity index (χ1v) is 11.8. The molecule has 172 valence electrons. The number of anilines is 1. The van der Waals surface area contributed by atoms with Crippen LogP contribution in [-0.2, 0) is 16.4 Å². The number of halogens is 3. The molecule has 0 aliphatic carbocycles. The summed E-state index contributed by atoms with van der Waals surface area (Å²) in [6, 6.07) is 24.2. The summed E-state index contributed by atoms with van der Waals surface area (Å²) in [5.74, 6) is 0. The highest BCUT2D eigenvalue weighted by Gasteiger charge is 2.33. The van der Waals surface area contributed by atoms with Crippen molar-refractivity contribution in [2.75, 3.05) is 4.72 Å². The lowest BCUT2D eigenvalue weighted by Crippen LogP contribution is -2.21. The molecule has 0 aliphatic rings. The maximum absolute atomic E-state index is 13.8. The fraction of sp³-hybridized carbons (Fsp3) is 0.0400. The van der Waals surface area contributed by atoms with Crippen LogP contribution in [0.1, 0.15) is 5.56 Å². The number of hydrogen-bond donors (Lipinski definition) is 2. The molecule has 9 heteroatoms. The van der Waals surface area contributed by atoms with Gasteiger partial charge in [-0.3, -0.25) is 4.72 Å². The van der Waals surface area contributed by atoms with Gasteiger partial charge in [0.05, 0.1) is 11.3 Å². The molecule has 0 radical (unpaired) electrons. The maximum atomic E-state index is 13.8. The third-order valence-electron chi connectivity index (χ3n) is 5.58. The highest BCUT2D eigenvalue weighted by molar-refractivity contribution is 7.90. The van der Waals surface area contributed by atoms with Crippen LogP contribution in [0.25, 0.3) is 38.5 Å². The number of hydrogen-bond acceptors (Lipinski definition) is 2. The molecule has 1 heterocycles. The Morgan fingerprint density at radius 1 is 0.794 bits per heavy atom. The molecule has 5 aromatic rings. The SMILES string of the molecule is NS(=O)(=O)Nc1ccc(-n2cc(C(F)(F)F)cc2-c2c3ccccc3cc3ccccc23)cc1. The van der Waals surface area contributed by atoms with Gasteiger partial charge in [0.15, 0.2) is 0 Å². The normalized spacial score (nSPS) is 12.4. The van der Waals surface area contributed by atoms with Crippen molar-refractivity contribution in [3.8, 4) is 16.9 Å². The zero-order valence-corrected chi connectivity index (χ0v) is 18.4. The fourth-order valence-corrected chi connectivity index (χ4v) is 4.63. The van der Waals surface area contributed by atoms with Crippen molar-refractivity contribution in [3.63, 3.8) is 0 Å². The molecule has 0 saturated heterocycles. The molecule has 0 aliphatic heterocycles. The second kappa shape index (κ2) is 7.89. The van der Waals surface area contributed by atoms with Crippen molar-refractivity contribution >= 4 is 37.4 Å². The van der Waals surface area contributed by atoms with E-state index >= 15 is 0 Å². The predicted octanol–water partition coefficient (Wildman–Crippen LogP) is 6.08. The quantitative estimate of drug-likeness (QED) is 0.305. The van der Waals surface area contributed by atoms with Gasteiger partial charge in [-0.15, -0.1) is 0 Å². The first-order chi connectivity index (χ1) is 16.1. The summed E-state index contributed by atoms with van der Waals surface area (Å²) in [4.78, 5) is 0. The molecule has 5 rings (SSSR count). The van der Waals surface area contributed by atoms with Gasteiger partial charge in [-0.1, -0.05) is 48.5 Å². The number of nitrogens with one attached hydrogen (secondary N) is 1. The number of benzene rings is 4. The highest BCUT2D eigenvalue weighted by Crippen LogP contribution is 2.41. The summed E-state index contributed by atoms with van der Waals surface area (Å²) in [6.07, 6.45) is -3.50. The van der Waals surface area contributed by atoms with E-state index in [-0.39, 0.29) is 5.69 Å². The van der Waals surface area contributed by atoms with Crippen LogP contribution in [0.2, 0.25) is 0 Å². The second-order valence-electron chi connectivity index (χ2n) is 7.87. The summed E-state index contributed by atoms with van der Waals surface area (Å²) < 4.78 is 67.6. The number of fused-ring (bicyclic) bond motifs is 2. The average molecular weight is 481 g/mol. The van der Waals surface area contributed by atoms with E-state index in [1.54, 1.807) is 0 Å². The van der Waals surface area contributed by atoms with Crippen molar-refractivity contribution in [1.82, 2.24) is 4.57 Å². The van der Waals surface area contributed by atoms with Crippen LogP contribution in [-0.4, -0.2) is 13.0 Å². The van der Waals surface area contributed by atoms with Crippen LogP contribution in [0, 0.1) is 0 Å². The van der Waals surface area contributed by atoms with Crippen molar-refractivity contribution in [3.05, 3.63) is 96.7 Å². The van der Waals surface area contributed by atoms with E-state index in [9.17, 15) is 21.6 Å². The van der Waals surface area contributed by atoms with Crippen LogP contribution < -0.4 is 9.86 Å². The number of aromatic nitrogens is 1. The first kappa shape index (κ1) is 22.0. The Bertz CT molecular complexity index is 1590. The van der Waals surface area contributed by atoms with Crippen LogP contribution in [0.3, 0.4) is 0 Å². The largest absolute Gasteiger partial charge is 0.417 e. The van der Waals surface area contributed by atoms with E-state index < -0.39 is 21.9 Å². The number of nitrogens with two attached hydrogens (primary N) is 1. The van der Waals surface area contributed by atoms with Crippen molar-refractivity contribution in [2.24, 2.45) is 5.14 Å². The van der Waals surface area contributed by atoms with Gasteiger partial charge in [0.2, 0.25) is 0 Å². The van der Waals surface area contributed by atoms with E-state index in [1.165, 1.54) is 28.8 Å². The van der Waals surface area contributed by atoms with Gasteiger partial charge in [-0.25, -0.2) is 5.14 Å². The smallest absolute Gasteiger partial charge is 0.316 e. The lowest BCUT2D eigenvalue weighted by molar-refractivity contribution is -0.137. The van der Waals surface area contributed by atoms with Gasteiger partial charge in [0.1, 0.15) is 0 Å². The standard InChI is InChI=1S/C25H18F3N3O2S/c26-25(27,28)18-14-23(31(15-18)20-11-9-19(10-12-20)30-34(29,32)33)24-21-7-3-1-5-16(21)13-17-6-2-4-8-22(17)24/h1-15,30H,(H2,29,32,33). The first-order valence-electron chi connectivity index (χ1n) is 10.2. The minimum absolute atomic E-state index is 0.201. The average Bonchev–Trinajstić information content (AvgIpc) is 3.22. The molecule has 0 spiro atoms. The Morgan fingerprint density at radius 3 is 1.88 bits per heavy atom. The second-order valence-corrected chi connectivity index (χ2v) is 9.16. The molecule has 0 unspecified atom stereocenters. The summed E-state index contributed by atoms with van der Waals surface area (Å²) >= 11 is 0. The molecule has 1 aromatic heterocycles. The van der Waals surface area contributed by atoms with E-state index in [4.69, 9.17) is 5.14 Å². The van der Waals surface area contributed by atoms with E-state index in [0.29, 0.717) is 16.9 Å². The van der Waals surface area contributed by atoms with E-state index in [0.717, 1.165) is 33.8 Å². The Balaban J connectivity index is 1.79. The summed E-state index contributed by atoms with van der Waals surface area (Å²) in [5, 5.41) is 8.46. The Kier molecular flexibility index (Phi) is 5.11. The Hall–Kier alpha value is -3.82. The van der Waals surface area contributed by atoms with Crippen LogP contribution in [0.5, 0.6) is 0 Å². The third kappa shape index (κ3) is 4.11. The van der Waals surface area contributed by atoms with Gasteiger partial charge in [0.25, 0.3) is 10.2 Å². The monoisotopic (exact) mass is 481 g/mol. The number of nitrogens with zero attached hydrogens (tertiary/aromatic N) is 1. The topological polar surface area (TPSA) is 77.1 Å². The van der Waals surface area contributed by atoms with Crippen molar-refractivity contribution < 1.29 is 21.6 Å². The van der Waals surface area contributed by atoms with Gasteiger partial charge < -0.3 is 4.57 Å². The highest BCUT2D eigenvalue weighted by atomic mass is 32.2. The van der Waals surface area contributed by atoms with Gasteiger partial charge >= 0.3 is 6.18 Å². The molecular weight excluding hydrogens is 463 g/mol. The third-order valence-corrected chi connectivity index (χ3v) is 6.10. The molecule has 4 aromatic carbocycles. The van der Waals surface area contributed by atoms with Gasteiger partial charge in [-0.2, -0.15) is 21.6 Å². The maximum Gasteiger partial charge on any atom is 0.417 e. The lowest BCUT2D eigenvalue weighted by Gasteiger charge is -2.15. The zero-order chi connectivity index (χ0) is 24.1. The van der Waals surface area contributed by atoms with Gasteiger partial charge in [0, 0.05) is 23.1 Å². The van der Waals surface area contributed by atoms with Crippen LogP contribution >= 0.6 is 0 Å². The molecule has 3 N–H and O–H groups in total. The molecule has 0 amide bonds. The van der Waals surface area contributed by atoms with Crippen LogP contribution in [0.15, 0.2) is 91.1 Å². The molecule has 5 nitrogen and oxygen atoms in total. The molecular formula is C25H18F3N3O2S.